The van der Waals surface area contributed by atoms with E-state index in [2.05, 4.69) is 4.99 Å². The van der Waals surface area contributed by atoms with Crippen LogP contribution in [0.2, 0.25) is 0 Å². The molecule has 1 fully saturated rings. The molecular weight excluding hydrogens is 424 g/mol. The second-order valence-electron chi connectivity index (χ2n) is 7.08. The molecule has 1 aliphatic heterocycles. The van der Waals surface area contributed by atoms with Crippen LogP contribution in [0.4, 0.5) is 5.69 Å². The van der Waals surface area contributed by atoms with Crippen molar-refractivity contribution in [1.82, 2.24) is 4.90 Å². The van der Waals surface area contributed by atoms with Gasteiger partial charge >= 0.3 is 5.97 Å². The Morgan fingerprint density at radius 2 is 1.75 bits per heavy atom. The normalized spacial score (nSPS) is 16.1. The highest BCUT2D eigenvalue weighted by Gasteiger charge is 2.30. The molecule has 160 valence electrons. The maximum absolute atomic E-state index is 12.7. The lowest BCUT2D eigenvalue weighted by molar-refractivity contribution is -0.121. The highest BCUT2D eigenvalue weighted by Crippen LogP contribution is 2.34. The van der Waals surface area contributed by atoms with E-state index >= 15 is 0 Å². The Kier molecular flexibility index (Phi) is 6.09. The van der Waals surface area contributed by atoms with Gasteiger partial charge in [0, 0.05) is 7.05 Å². The zero-order chi connectivity index (χ0) is 22.7. The molecule has 1 heterocycles. The summed E-state index contributed by atoms with van der Waals surface area (Å²) in [6.07, 6.45) is 1.84. The third kappa shape index (κ3) is 4.58. The number of thioether (sulfide) groups is 1. The molecule has 1 saturated heterocycles. The van der Waals surface area contributed by atoms with Gasteiger partial charge in [0.1, 0.15) is 5.75 Å². The van der Waals surface area contributed by atoms with Crippen LogP contribution in [0.1, 0.15) is 15.9 Å². The SMILES string of the molecule is COc1ccc(N=C2S/C(=C\c3cccc(-c4ccc(C(=O)O)cc4)c3)C(=O)N2C)cc1. The summed E-state index contributed by atoms with van der Waals surface area (Å²) < 4.78 is 5.17. The molecule has 0 aromatic heterocycles. The van der Waals surface area contributed by atoms with Crippen LogP contribution >= 0.6 is 11.8 Å². The highest BCUT2D eigenvalue weighted by molar-refractivity contribution is 8.18. The van der Waals surface area contributed by atoms with Crippen molar-refractivity contribution in [1.29, 1.82) is 0 Å². The van der Waals surface area contributed by atoms with Crippen LogP contribution in [0, 0.1) is 0 Å². The maximum atomic E-state index is 12.7. The summed E-state index contributed by atoms with van der Waals surface area (Å²) in [4.78, 5) is 30.5. The molecule has 32 heavy (non-hydrogen) atoms. The van der Waals surface area contributed by atoms with E-state index in [1.165, 1.54) is 16.7 Å². The number of amides is 1. The Labute approximate surface area is 189 Å². The number of carboxylic acids is 1. The van der Waals surface area contributed by atoms with E-state index in [1.807, 2.05) is 54.6 Å². The monoisotopic (exact) mass is 444 g/mol. The number of carbonyl (C=O) groups is 2. The number of amidine groups is 1. The second-order valence-corrected chi connectivity index (χ2v) is 8.08. The lowest BCUT2D eigenvalue weighted by atomic mass is 10.0. The largest absolute Gasteiger partial charge is 0.497 e. The Morgan fingerprint density at radius 3 is 2.41 bits per heavy atom. The lowest BCUT2D eigenvalue weighted by Crippen LogP contribution is -2.23. The number of carboxylic acid groups (broad SMARTS) is 1. The lowest BCUT2D eigenvalue weighted by Gasteiger charge is -2.07. The van der Waals surface area contributed by atoms with Crippen molar-refractivity contribution < 1.29 is 19.4 Å². The minimum Gasteiger partial charge on any atom is -0.497 e. The molecule has 1 N–H and O–H groups in total. The molecule has 0 atom stereocenters. The van der Waals surface area contributed by atoms with Crippen LogP contribution in [-0.4, -0.2) is 41.2 Å². The van der Waals surface area contributed by atoms with Gasteiger partial charge in [-0.15, -0.1) is 0 Å². The van der Waals surface area contributed by atoms with Gasteiger partial charge in [-0.2, -0.15) is 0 Å². The molecule has 0 aliphatic carbocycles. The van der Waals surface area contributed by atoms with Crippen LogP contribution in [0.5, 0.6) is 5.75 Å². The van der Waals surface area contributed by atoms with Crippen molar-refractivity contribution in [2.75, 3.05) is 14.2 Å². The Balaban J connectivity index is 1.58. The molecule has 0 bridgehead atoms. The van der Waals surface area contributed by atoms with Crippen molar-refractivity contribution in [2.24, 2.45) is 4.99 Å². The molecule has 1 aliphatic rings. The summed E-state index contributed by atoms with van der Waals surface area (Å²) in [5.74, 6) is -0.322. The van der Waals surface area contributed by atoms with Crippen LogP contribution in [0.3, 0.4) is 0 Å². The predicted octanol–water partition coefficient (Wildman–Crippen LogP) is 5.29. The summed E-state index contributed by atoms with van der Waals surface area (Å²) in [5.41, 5.74) is 3.69. The summed E-state index contributed by atoms with van der Waals surface area (Å²) in [6.45, 7) is 0. The van der Waals surface area contributed by atoms with Gasteiger partial charge in [-0.25, -0.2) is 9.79 Å². The first kappa shape index (κ1) is 21.4. The minimum atomic E-state index is -0.956. The highest BCUT2D eigenvalue weighted by atomic mass is 32.2. The number of nitrogens with zero attached hydrogens (tertiary/aromatic N) is 2. The fourth-order valence-electron chi connectivity index (χ4n) is 3.18. The van der Waals surface area contributed by atoms with Gasteiger partial charge in [-0.3, -0.25) is 9.69 Å². The number of hydrogen-bond acceptors (Lipinski definition) is 5. The number of rotatable bonds is 5. The molecule has 0 unspecified atom stereocenters. The third-order valence-corrected chi connectivity index (χ3v) is 6.01. The average Bonchev–Trinajstić information content (AvgIpc) is 3.07. The van der Waals surface area contributed by atoms with Crippen LogP contribution < -0.4 is 4.74 Å². The molecule has 1 amide bonds. The van der Waals surface area contributed by atoms with Gasteiger partial charge in [0.25, 0.3) is 5.91 Å². The van der Waals surface area contributed by atoms with E-state index in [0.717, 1.165) is 28.1 Å². The number of aromatic carboxylic acids is 1. The van der Waals surface area contributed by atoms with Crippen molar-refractivity contribution in [3.05, 3.63) is 88.8 Å². The van der Waals surface area contributed by atoms with E-state index in [1.54, 1.807) is 38.4 Å². The molecule has 3 aromatic carbocycles. The Bertz CT molecular complexity index is 1230. The third-order valence-electron chi connectivity index (χ3n) is 4.95. The predicted molar refractivity (Wildman–Crippen MR) is 127 cm³/mol. The average molecular weight is 445 g/mol. The van der Waals surface area contributed by atoms with Crippen molar-refractivity contribution in [3.63, 3.8) is 0 Å². The van der Waals surface area contributed by atoms with E-state index in [-0.39, 0.29) is 11.5 Å². The molecule has 6 nitrogen and oxygen atoms in total. The fourth-order valence-corrected chi connectivity index (χ4v) is 4.17. The first-order valence-corrected chi connectivity index (χ1v) is 10.6. The van der Waals surface area contributed by atoms with Crippen molar-refractivity contribution in [3.8, 4) is 16.9 Å². The summed E-state index contributed by atoms with van der Waals surface area (Å²) in [6, 6.07) is 21.8. The van der Waals surface area contributed by atoms with E-state index in [9.17, 15) is 9.59 Å². The van der Waals surface area contributed by atoms with Crippen molar-refractivity contribution in [2.45, 2.75) is 0 Å². The van der Waals surface area contributed by atoms with E-state index < -0.39 is 5.97 Å². The number of hydrogen-bond donors (Lipinski definition) is 1. The Hall–Kier alpha value is -3.84. The quantitative estimate of drug-likeness (QED) is 0.541. The van der Waals surface area contributed by atoms with Crippen LogP contribution in [0.25, 0.3) is 17.2 Å². The zero-order valence-corrected chi connectivity index (χ0v) is 18.3. The molecule has 0 saturated carbocycles. The number of methoxy groups -OCH3 is 1. The fraction of sp³-hybridized carbons (Fsp3) is 0.0800. The second kappa shape index (κ2) is 9.11. The zero-order valence-electron chi connectivity index (χ0n) is 17.5. The van der Waals surface area contributed by atoms with Gasteiger partial charge in [-0.1, -0.05) is 30.3 Å². The van der Waals surface area contributed by atoms with Gasteiger partial charge in [-0.05, 0) is 77.0 Å². The number of benzene rings is 3. The van der Waals surface area contributed by atoms with Gasteiger partial charge < -0.3 is 9.84 Å². The number of carbonyl (C=O) groups excluding carboxylic acids is 1. The molecule has 7 heteroatoms. The smallest absolute Gasteiger partial charge is 0.335 e. The van der Waals surface area contributed by atoms with Gasteiger partial charge in [0.15, 0.2) is 5.17 Å². The summed E-state index contributed by atoms with van der Waals surface area (Å²) in [7, 11) is 3.32. The number of aliphatic imine (C=N–C) groups is 1. The molecular formula is C25H20N2O4S. The van der Waals surface area contributed by atoms with E-state index in [4.69, 9.17) is 9.84 Å². The molecule has 3 aromatic rings. The molecule has 4 rings (SSSR count). The van der Waals surface area contributed by atoms with Gasteiger partial charge in [0.2, 0.25) is 0 Å². The maximum Gasteiger partial charge on any atom is 0.335 e. The van der Waals surface area contributed by atoms with Crippen molar-refractivity contribution >= 4 is 40.6 Å². The van der Waals surface area contributed by atoms with E-state index in [0.29, 0.717) is 10.1 Å². The molecule has 0 spiro atoms. The summed E-state index contributed by atoms with van der Waals surface area (Å²) in [5, 5.41) is 9.68. The van der Waals surface area contributed by atoms with Gasteiger partial charge in [0.05, 0.1) is 23.3 Å². The molecule has 0 radical (unpaired) electrons. The minimum absolute atomic E-state index is 0.113. The van der Waals surface area contributed by atoms with Crippen LogP contribution in [0.15, 0.2) is 82.7 Å². The number of likely N-dealkylation sites (N-methyl/N-ethyl adjacent to an activating group) is 1. The standard InChI is InChI=1S/C25H20N2O4S/c1-27-23(28)22(32-25(27)26-20-10-12-21(31-2)13-11-20)15-16-4-3-5-19(14-16)17-6-8-18(9-7-17)24(29)30/h3-15H,1-2H3,(H,29,30)/b22-15-,26-25?. The number of ether oxygens (including phenoxy) is 1. The topological polar surface area (TPSA) is 79.2 Å². The first-order valence-electron chi connectivity index (χ1n) is 9.79. The Morgan fingerprint density at radius 1 is 1.03 bits per heavy atom. The summed E-state index contributed by atoms with van der Waals surface area (Å²) >= 11 is 1.32. The first-order chi connectivity index (χ1) is 15.4. The van der Waals surface area contributed by atoms with Crippen LogP contribution in [-0.2, 0) is 4.79 Å².